The Labute approximate surface area is 98.6 Å². The number of rotatable bonds is 4. The van der Waals surface area contributed by atoms with Gasteiger partial charge in [0.1, 0.15) is 0 Å². The fraction of sp³-hybridized carbons (Fsp3) is 0.385. The predicted octanol–water partition coefficient (Wildman–Crippen LogP) is 3.25. The van der Waals surface area contributed by atoms with E-state index < -0.39 is 11.8 Å². The van der Waals surface area contributed by atoms with Crippen LogP contribution in [0.15, 0.2) is 22.6 Å². The molecule has 0 bridgehead atoms. The van der Waals surface area contributed by atoms with E-state index in [1.807, 2.05) is 13.8 Å². The minimum absolute atomic E-state index is 0.0117. The molecule has 1 aromatic heterocycles. The molecule has 1 atom stereocenters. The van der Waals surface area contributed by atoms with Gasteiger partial charge in [-0.2, -0.15) is 4.39 Å². The average Bonchev–Trinajstić information content (AvgIpc) is 2.59. The standard InChI is InChI=1S/C13H15F2NO/c1-3-16-8(2)4-9-5-10-7-12(15)17-13(10)11(14)6-9/h5-8,16H,3-4H2,1-2H3. The third-order valence-electron chi connectivity index (χ3n) is 2.70. The molecule has 1 unspecified atom stereocenters. The highest BCUT2D eigenvalue weighted by molar-refractivity contribution is 5.78. The van der Waals surface area contributed by atoms with E-state index in [-0.39, 0.29) is 11.6 Å². The fourth-order valence-electron chi connectivity index (χ4n) is 2.03. The Balaban J connectivity index is 2.29. The van der Waals surface area contributed by atoms with Crippen molar-refractivity contribution in [3.63, 3.8) is 0 Å². The highest BCUT2D eigenvalue weighted by Gasteiger charge is 2.11. The number of hydrogen-bond donors (Lipinski definition) is 1. The van der Waals surface area contributed by atoms with Gasteiger partial charge in [-0.1, -0.05) is 6.92 Å². The summed E-state index contributed by atoms with van der Waals surface area (Å²) in [5.74, 6) is -0.509. The zero-order valence-electron chi connectivity index (χ0n) is 9.89. The Morgan fingerprint density at radius 1 is 1.29 bits per heavy atom. The van der Waals surface area contributed by atoms with Gasteiger partial charge < -0.3 is 9.73 Å². The third kappa shape index (κ3) is 2.64. The first kappa shape index (κ1) is 12.0. The second-order valence-electron chi connectivity index (χ2n) is 4.21. The summed E-state index contributed by atoms with van der Waals surface area (Å²) < 4.78 is 31.1. The van der Waals surface area contributed by atoms with Crippen molar-refractivity contribution in [1.82, 2.24) is 5.32 Å². The summed E-state index contributed by atoms with van der Waals surface area (Å²) in [5.41, 5.74) is 0.826. The molecule has 1 aromatic carbocycles. The summed E-state index contributed by atoms with van der Waals surface area (Å²) in [6.45, 7) is 4.92. The van der Waals surface area contributed by atoms with Gasteiger partial charge in [0.15, 0.2) is 11.4 Å². The van der Waals surface area contributed by atoms with Crippen molar-refractivity contribution in [1.29, 1.82) is 0 Å². The second kappa shape index (κ2) is 4.84. The van der Waals surface area contributed by atoms with Gasteiger partial charge in [-0.3, -0.25) is 0 Å². The lowest BCUT2D eigenvalue weighted by molar-refractivity contribution is 0.374. The van der Waals surface area contributed by atoms with Crippen LogP contribution in [0.5, 0.6) is 0 Å². The van der Waals surface area contributed by atoms with Gasteiger partial charge in [-0.25, -0.2) is 4.39 Å². The molecule has 0 radical (unpaired) electrons. The second-order valence-corrected chi connectivity index (χ2v) is 4.21. The molecule has 1 N–H and O–H groups in total. The van der Waals surface area contributed by atoms with E-state index in [1.165, 1.54) is 12.1 Å². The Morgan fingerprint density at radius 2 is 2.06 bits per heavy atom. The summed E-state index contributed by atoms with van der Waals surface area (Å²) in [4.78, 5) is 0. The largest absolute Gasteiger partial charge is 0.428 e. The van der Waals surface area contributed by atoms with Gasteiger partial charge in [-0.15, -0.1) is 0 Å². The Morgan fingerprint density at radius 3 is 2.76 bits per heavy atom. The minimum atomic E-state index is -0.754. The van der Waals surface area contributed by atoms with E-state index in [2.05, 4.69) is 9.73 Å². The van der Waals surface area contributed by atoms with Crippen LogP contribution in [0.25, 0.3) is 11.0 Å². The number of nitrogens with one attached hydrogen (secondary N) is 1. The van der Waals surface area contributed by atoms with Gasteiger partial charge in [0.05, 0.1) is 0 Å². The monoisotopic (exact) mass is 239 g/mol. The van der Waals surface area contributed by atoms with E-state index in [0.29, 0.717) is 11.8 Å². The van der Waals surface area contributed by atoms with Gasteiger partial charge in [0, 0.05) is 17.5 Å². The topological polar surface area (TPSA) is 25.2 Å². The van der Waals surface area contributed by atoms with Crippen LogP contribution in [-0.4, -0.2) is 12.6 Å². The summed E-state index contributed by atoms with van der Waals surface area (Å²) in [6, 6.07) is 3.88. The molecule has 2 nitrogen and oxygen atoms in total. The van der Waals surface area contributed by atoms with Crippen molar-refractivity contribution in [3.8, 4) is 0 Å². The number of halogens is 2. The van der Waals surface area contributed by atoms with Crippen molar-refractivity contribution >= 4 is 11.0 Å². The van der Waals surface area contributed by atoms with Crippen LogP contribution in [0, 0.1) is 11.8 Å². The van der Waals surface area contributed by atoms with Crippen molar-refractivity contribution in [2.45, 2.75) is 26.3 Å². The molecule has 92 valence electrons. The molecule has 2 rings (SSSR count). The summed E-state index contributed by atoms with van der Waals surface area (Å²) in [5, 5.41) is 3.72. The molecule has 0 saturated heterocycles. The Hall–Kier alpha value is -1.42. The van der Waals surface area contributed by atoms with E-state index in [0.717, 1.165) is 12.1 Å². The first-order chi connectivity index (χ1) is 8.10. The summed E-state index contributed by atoms with van der Waals surface area (Å²) in [7, 11) is 0. The zero-order chi connectivity index (χ0) is 12.4. The maximum Gasteiger partial charge on any atom is 0.278 e. The molecule has 0 fully saturated rings. The highest BCUT2D eigenvalue weighted by atomic mass is 19.1. The maximum absolute atomic E-state index is 13.6. The van der Waals surface area contributed by atoms with Crippen LogP contribution in [-0.2, 0) is 6.42 Å². The molecule has 1 heterocycles. The van der Waals surface area contributed by atoms with Gasteiger partial charge >= 0.3 is 0 Å². The molecular formula is C13H15F2NO. The smallest absolute Gasteiger partial charge is 0.278 e. The number of fused-ring (bicyclic) bond motifs is 1. The molecule has 0 aliphatic carbocycles. The normalized spacial score (nSPS) is 13.2. The zero-order valence-corrected chi connectivity index (χ0v) is 9.89. The first-order valence-electron chi connectivity index (χ1n) is 5.71. The van der Waals surface area contributed by atoms with Crippen molar-refractivity contribution in [2.24, 2.45) is 0 Å². The lowest BCUT2D eigenvalue weighted by Gasteiger charge is -2.12. The highest BCUT2D eigenvalue weighted by Crippen LogP contribution is 2.23. The fourth-order valence-corrected chi connectivity index (χ4v) is 2.03. The Bertz CT molecular complexity index is 521. The molecule has 0 aliphatic heterocycles. The molecule has 0 spiro atoms. The van der Waals surface area contributed by atoms with Crippen LogP contribution in [0.4, 0.5) is 8.78 Å². The van der Waals surface area contributed by atoms with Gasteiger partial charge in [-0.05, 0) is 37.6 Å². The first-order valence-corrected chi connectivity index (χ1v) is 5.71. The van der Waals surface area contributed by atoms with E-state index in [9.17, 15) is 8.78 Å². The lowest BCUT2D eigenvalue weighted by atomic mass is 10.1. The Kier molecular flexibility index (Phi) is 3.43. The minimum Gasteiger partial charge on any atom is -0.428 e. The molecule has 2 aromatic rings. The SMILES string of the molecule is CCNC(C)Cc1cc(F)c2oc(F)cc2c1. The molecule has 4 heteroatoms. The molecule has 0 saturated carbocycles. The van der Waals surface area contributed by atoms with E-state index >= 15 is 0 Å². The third-order valence-corrected chi connectivity index (χ3v) is 2.70. The average molecular weight is 239 g/mol. The number of furan rings is 1. The van der Waals surface area contributed by atoms with Gasteiger partial charge in [0.2, 0.25) is 0 Å². The van der Waals surface area contributed by atoms with Crippen LogP contribution in [0.2, 0.25) is 0 Å². The number of benzene rings is 1. The number of hydrogen-bond acceptors (Lipinski definition) is 2. The van der Waals surface area contributed by atoms with E-state index in [4.69, 9.17) is 0 Å². The lowest BCUT2D eigenvalue weighted by Crippen LogP contribution is -2.27. The molecule has 17 heavy (non-hydrogen) atoms. The number of likely N-dealkylation sites (N-methyl/N-ethyl adjacent to an activating group) is 1. The predicted molar refractivity (Wildman–Crippen MR) is 63.0 cm³/mol. The molecule has 0 aliphatic rings. The van der Waals surface area contributed by atoms with Crippen LogP contribution < -0.4 is 5.32 Å². The van der Waals surface area contributed by atoms with Crippen LogP contribution >= 0.6 is 0 Å². The van der Waals surface area contributed by atoms with Crippen molar-refractivity contribution in [3.05, 3.63) is 35.6 Å². The summed E-state index contributed by atoms with van der Waals surface area (Å²) in [6.07, 6.45) is 0.702. The van der Waals surface area contributed by atoms with Gasteiger partial charge in [0.25, 0.3) is 6.01 Å². The van der Waals surface area contributed by atoms with Crippen molar-refractivity contribution in [2.75, 3.05) is 6.54 Å². The van der Waals surface area contributed by atoms with Crippen LogP contribution in [0.3, 0.4) is 0 Å². The maximum atomic E-state index is 13.6. The quantitative estimate of drug-likeness (QED) is 0.886. The van der Waals surface area contributed by atoms with E-state index in [1.54, 1.807) is 6.07 Å². The summed E-state index contributed by atoms with van der Waals surface area (Å²) >= 11 is 0. The van der Waals surface area contributed by atoms with Crippen molar-refractivity contribution < 1.29 is 13.2 Å². The van der Waals surface area contributed by atoms with Crippen LogP contribution in [0.1, 0.15) is 19.4 Å². The molecule has 0 amide bonds. The molecular weight excluding hydrogens is 224 g/mol.